The van der Waals surface area contributed by atoms with Crippen LogP contribution in [0.4, 0.5) is 4.79 Å². The average molecular weight is 317 g/mol. The Morgan fingerprint density at radius 2 is 1.82 bits per heavy atom. The Hall–Kier alpha value is -2.98. The Labute approximate surface area is 124 Å². The number of amides is 3. The molecule has 0 aromatic carbocycles. The number of carbonyl (C=O) groups is 6. The van der Waals surface area contributed by atoms with Gasteiger partial charge in [-0.25, -0.2) is 14.4 Å². The second-order valence-electron chi connectivity index (χ2n) is 3.99. The minimum Gasteiger partial charge on any atom is -0.479 e. The van der Waals surface area contributed by atoms with Crippen LogP contribution in [0.5, 0.6) is 0 Å². The first kappa shape index (κ1) is 19.0. The summed E-state index contributed by atoms with van der Waals surface area (Å²) in [5.41, 5.74) is 1.58. The molecule has 2 atom stereocenters. The maximum absolute atomic E-state index is 11.9. The number of aliphatic carboxylic acids is 1. The minimum absolute atomic E-state index is 0.0567. The molecule has 0 saturated carbocycles. The standard InChI is InChI=1S/C11H15N3O8/c1-5(16)6(4-15)14(10(21)13-2)11(7(12)17,8(18)19)9(20)22-3/h4,6H,1-3H3,(H2,12,17)(H,13,21)(H,18,19). The second kappa shape index (κ2) is 7.15. The number of esters is 1. The van der Waals surface area contributed by atoms with E-state index in [1.807, 2.05) is 5.32 Å². The van der Waals surface area contributed by atoms with E-state index in [1.165, 1.54) is 0 Å². The van der Waals surface area contributed by atoms with E-state index in [4.69, 9.17) is 5.73 Å². The number of carboxylic acid groups (broad SMARTS) is 1. The number of aldehydes is 1. The van der Waals surface area contributed by atoms with Crippen LogP contribution in [0.1, 0.15) is 6.92 Å². The molecule has 0 aliphatic carbocycles. The molecule has 2 unspecified atom stereocenters. The van der Waals surface area contributed by atoms with Gasteiger partial charge in [-0.3, -0.25) is 14.5 Å². The largest absolute Gasteiger partial charge is 0.479 e. The molecule has 122 valence electrons. The van der Waals surface area contributed by atoms with Crippen LogP contribution in [0.3, 0.4) is 0 Å². The molecule has 0 rings (SSSR count). The van der Waals surface area contributed by atoms with Crippen molar-refractivity contribution in [2.75, 3.05) is 14.2 Å². The van der Waals surface area contributed by atoms with Crippen molar-refractivity contribution in [1.82, 2.24) is 10.2 Å². The fourth-order valence-corrected chi connectivity index (χ4v) is 1.71. The van der Waals surface area contributed by atoms with Gasteiger partial charge < -0.3 is 25.7 Å². The third-order valence-corrected chi connectivity index (χ3v) is 2.76. The topological polar surface area (TPSA) is 173 Å². The number of nitrogens with two attached hydrogens (primary N) is 1. The third-order valence-electron chi connectivity index (χ3n) is 2.76. The number of ether oxygens (including phenoxy) is 1. The summed E-state index contributed by atoms with van der Waals surface area (Å²) in [5.74, 6) is -6.70. The molecule has 4 N–H and O–H groups in total. The zero-order valence-electron chi connectivity index (χ0n) is 12.0. The summed E-state index contributed by atoms with van der Waals surface area (Å²) in [6.45, 7) is 0.861. The number of carbonyl (C=O) groups excluding carboxylic acids is 5. The van der Waals surface area contributed by atoms with Gasteiger partial charge in [0.2, 0.25) is 0 Å². The van der Waals surface area contributed by atoms with E-state index >= 15 is 0 Å². The van der Waals surface area contributed by atoms with E-state index in [2.05, 4.69) is 4.74 Å². The van der Waals surface area contributed by atoms with Gasteiger partial charge in [-0.1, -0.05) is 0 Å². The second-order valence-corrected chi connectivity index (χ2v) is 3.99. The maximum atomic E-state index is 11.9. The Balaban J connectivity index is 6.66. The van der Waals surface area contributed by atoms with Crippen molar-refractivity contribution in [2.45, 2.75) is 18.5 Å². The summed E-state index contributed by atoms with van der Waals surface area (Å²) in [6.07, 6.45) is -0.0961. The third kappa shape index (κ3) is 2.87. The lowest BCUT2D eigenvalue weighted by atomic mass is 9.93. The molecular formula is C11H15N3O8. The molecule has 0 saturated heterocycles. The number of methoxy groups -OCH3 is 1. The highest BCUT2D eigenvalue weighted by molar-refractivity contribution is 6.26. The van der Waals surface area contributed by atoms with Gasteiger partial charge in [-0.05, 0) is 6.92 Å². The normalized spacial score (nSPS) is 14.0. The van der Waals surface area contributed by atoms with Crippen molar-refractivity contribution in [3.63, 3.8) is 0 Å². The van der Waals surface area contributed by atoms with Crippen LogP contribution in [-0.2, 0) is 28.7 Å². The van der Waals surface area contributed by atoms with E-state index in [0.717, 1.165) is 21.1 Å². The number of hydrogen-bond acceptors (Lipinski definition) is 7. The van der Waals surface area contributed by atoms with E-state index in [9.17, 15) is 33.9 Å². The molecule has 3 amide bonds. The van der Waals surface area contributed by atoms with Gasteiger partial charge in [-0.15, -0.1) is 0 Å². The molecule has 11 heteroatoms. The van der Waals surface area contributed by atoms with Crippen LogP contribution >= 0.6 is 0 Å². The zero-order valence-corrected chi connectivity index (χ0v) is 12.0. The number of nitrogens with one attached hydrogen (secondary N) is 1. The van der Waals surface area contributed by atoms with Crippen LogP contribution in [0.15, 0.2) is 0 Å². The summed E-state index contributed by atoms with van der Waals surface area (Å²) in [6, 6.07) is -3.40. The Kier molecular flexibility index (Phi) is 6.18. The van der Waals surface area contributed by atoms with Crippen molar-refractivity contribution in [3.8, 4) is 0 Å². The van der Waals surface area contributed by atoms with Gasteiger partial charge in [0.05, 0.1) is 7.11 Å². The zero-order chi connectivity index (χ0) is 17.7. The molecule has 0 heterocycles. The van der Waals surface area contributed by atoms with Gasteiger partial charge >= 0.3 is 23.5 Å². The minimum atomic E-state index is -3.38. The highest BCUT2D eigenvalue weighted by Gasteiger charge is 2.63. The monoisotopic (exact) mass is 317 g/mol. The summed E-state index contributed by atoms with van der Waals surface area (Å²) in [7, 11) is 1.77. The molecule has 0 aromatic heterocycles. The Morgan fingerprint density at radius 1 is 1.32 bits per heavy atom. The summed E-state index contributed by atoms with van der Waals surface area (Å²) < 4.78 is 4.22. The van der Waals surface area contributed by atoms with E-state index in [-0.39, 0.29) is 11.2 Å². The molecule has 0 aliphatic rings. The molecule has 0 aromatic rings. The van der Waals surface area contributed by atoms with Crippen molar-refractivity contribution >= 4 is 35.9 Å². The number of Topliss-reactive ketones (excluding diaryl/α,β-unsaturated/α-hetero) is 1. The molecule has 0 radical (unpaired) electrons. The van der Waals surface area contributed by atoms with Gasteiger partial charge in [0.25, 0.3) is 5.91 Å². The molecule has 22 heavy (non-hydrogen) atoms. The smallest absolute Gasteiger partial charge is 0.353 e. The van der Waals surface area contributed by atoms with Crippen molar-refractivity contribution in [3.05, 3.63) is 0 Å². The fourth-order valence-electron chi connectivity index (χ4n) is 1.71. The number of hydrogen-bond donors (Lipinski definition) is 3. The number of rotatable bonds is 7. The van der Waals surface area contributed by atoms with Crippen LogP contribution < -0.4 is 11.1 Å². The predicted octanol–water partition coefficient (Wildman–Crippen LogP) is -2.73. The SMILES string of the molecule is CNC(=O)N(C(C=O)C(C)=O)C(C(N)=O)(C(=O)O)C(=O)OC. The van der Waals surface area contributed by atoms with Crippen LogP contribution in [-0.4, -0.2) is 71.7 Å². The highest BCUT2D eigenvalue weighted by Crippen LogP contribution is 2.22. The Bertz CT molecular complexity index is 515. The number of primary amides is 1. The van der Waals surface area contributed by atoms with Crippen LogP contribution in [0.2, 0.25) is 0 Å². The van der Waals surface area contributed by atoms with E-state index in [0.29, 0.717) is 0 Å². The quantitative estimate of drug-likeness (QED) is 0.257. The van der Waals surface area contributed by atoms with Gasteiger partial charge in [0.1, 0.15) is 12.3 Å². The van der Waals surface area contributed by atoms with E-state index < -0.39 is 41.2 Å². The molecule has 0 fully saturated rings. The average Bonchev–Trinajstić information content (AvgIpc) is 2.44. The molecule has 0 aliphatic heterocycles. The van der Waals surface area contributed by atoms with Gasteiger partial charge in [0.15, 0.2) is 5.78 Å². The van der Waals surface area contributed by atoms with Crippen molar-refractivity contribution in [2.24, 2.45) is 5.73 Å². The van der Waals surface area contributed by atoms with E-state index in [1.54, 1.807) is 0 Å². The lowest BCUT2D eigenvalue weighted by molar-refractivity contribution is -0.172. The number of nitrogens with zero attached hydrogens (tertiary/aromatic N) is 1. The highest BCUT2D eigenvalue weighted by atomic mass is 16.5. The molecule has 0 bridgehead atoms. The fraction of sp³-hybridized carbons (Fsp3) is 0.455. The number of carboxylic acids is 1. The molecule has 0 spiro atoms. The summed E-state index contributed by atoms with van der Waals surface area (Å²) >= 11 is 0. The first-order valence-electron chi connectivity index (χ1n) is 5.71. The first-order chi connectivity index (χ1) is 10.1. The summed E-state index contributed by atoms with van der Waals surface area (Å²) in [5, 5.41) is 11.2. The van der Waals surface area contributed by atoms with Crippen molar-refractivity contribution in [1.29, 1.82) is 0 Å². The number of ketones is 1. The van der Waals surface area contributed by atoms with Crippen LogP contribution in [0.25, 0.3) is 0 Å². The lowest BCUT2D eigenvalue weighted by Crippen LogP contribution is -2.73. The molecular weight excluding hydrogens is 302 g/mol. The first-order valence-corrected chi connectivity index (χ1v) is 5.71. The van der Waals surface area contributed by atoms with Crippen molar-refractivity contribution < 1.29 is 38.6 Å². The van der Waals surface area contributed by atoms with Crippen LogP contribution in [0, 0.1) is 0 Å². The lowest BCUT2D eigenvalue weighted by Gasteiger charge is -2.37. The Morgan fingerprint density at radius 3 is 2.05 bits per heavy atom. The van der Waals surface area contributed by atoms with Gasteiger partial charge in [0, 0.05) is 7.05 Å². The molecule has 11 nitrogen and oxygen atoms in total. The van der Waals surface area contributed by atoms with Gasteiger partial charge in [-0.2, -0.15) is 0 Å². The number of urea groups is 1. The predicted molar refractivity (Wildman–Crippen MR) is 68.4 cm³/mol. The summed E-state index contributed by atoms with van der Waals surface area (Å²) in [4.78, 5) is 69.5. The maximum Gasteiger partial charge on any atom is 0.353 e.